The number of carbonyl (C=O) groups excluding carboxylic acids is 1. The molecule has 1 saturated carbocycles. The monoisotopic (exact) mass is 276 g/mol. The molecule has 0 bridgehead atoms. The van der Waals surface area contributed by atoms with Crippen molar-refractivity contribution in [3.05, 3.63) is 17.3 Å². The molecule has 2 heterocycles. The van der Waals surface area contributed by atoms with Crippen LogP contribution >= 0.6 is 0 Å². The van der Waals surface area contributed by atoms with Gasteiger partial charge in [-0.3, -0.25) is 9.69 Å². The first-order chi connectivity index (χ1) is 9.65. The van der Waals surface area contributed by atoms with Crippen LogP contribution in [0, 0.1) is 19.8 Å². The lowest BCUT2D eigenvalue weighted by atomic mass is 9.88. The lowest BCUT2D eigenvalue weighted by Crippen LogP contribution is -2.44. The largest absolute Gasteiger partial charge is 0.444 e. The van der Waals surface area contributed by atoms with E-state index in [1.165, 1.54) is 12.8 Å². The van der Waals surface area contributed by atoms with Gasteiger partial charge in [-0.15, -0.1) is 0 Å². The van der Waals surface area contributed by atoms with Crippen LogP contribution in [0.2, 0.25) is 0 Å². The Labute approximate surface area is 120 Å². The first-order valence-corrected chi connectivity index (χ1v) is 7.85. The number of hydrogen-bond donors (Lipinski definition) is 0. The summed E-state index contributed by atoms with van der Waals surface area (Å²) in [4.78, 5) is 19.0. The van der Waals surface area contributed by atoms with Gasteiger partial charge in [0.25, 0.3) is 0 Å². The highest BCUT2D eigenvalue weighted by atomic mass is 16.4. The molecule has 0 amide bonds. The smallest absolute Gasteiger partial charge is 0.208 e. The van der Waals surface area contributed by atoms with E-state index < -0.39 is 0 Å². The predicted molar refractivity (Wildman–Crippen MR) is 76.4 cm³/mol. The Morgan fingerprint density at radius 3 is 2.75 bits per heavy atom. The molecule has 2 atom stereocenters. The summed E-state index contributed by atoms with van der Waals surface area (Å²) >= 11 is 0. The van der Waals surface area contributed by atoms with Crippen molar-refractivity contribution < 1.29 is 9.21 Å². The van der Waals surface area contributed by atoms with Crippen LogP contribution < -0.4 is 0 Å². The first kappa shape index (κ1) is 13.8. The van der Waals surface area contributed by atoms with Crippen molar-refractivity contribution in [1.29, 1.82) is 0 Å². The highest BCUT2D eigenvalue weighted by Gasteiger charge is 2.37. The zero-order valence-electron chi connectivity index (χ0n) is 12.5. The van der Waals surface area contributed by atoms with E-state index in [0.29, 0.717) is 11.8 Å². The molecule has 3 rings (SSSR count). The average Bonchev–Trinajstić information content (AvgIpc) is 2.97. The second-order valence-electron chi connectivity index (χ2n) is 6.25. The Balaban J connectivity index is 1.73. The molecule has 4 nitrogen and oxygen atoms in total. The standard InChI is InChI=1S/C16H24N2O2/c1-11-12(2)20-16(17-11)10-18-9-4-3-7-14(18)13-6-5-8-15(13)19/h13-14H,3-10H2,1-2H3. The van der Waals surface area contributed by atoms with Gasteiger partial charge in [0.1, 0.15) is 11.5 Å². The molecular weight excluding hydrogens is 252 g/mol. The maximum absolute atomic E-state index is 12.1. The Kier molecular flexibility index (Phi) is 3.92. The summed E-state index contributed by atoms with van der Waals surface area (Å²) in [5.41, 5.74) is 0.977. The third-order valence-corrected chi connectivity index (χ3v) is 4.89. The molecule has 1 aromatic heterocycles. The van der Waals surface area contributed by atoms with Crippen molar-refractivity contribution in [2.24, 2.45) is 5.92 Å². The first-order valence-electron chi connectivity index (χ1n) is 7.85. The van der Waals surface area contributed by atoms with E-state index in [1.54, 1.807) is 0 Å². The van der Waals surface area contributed by atoms with Crippen molar-refractivity contribution in [2.45, 2.75) is 65.0 Å². The number of ketones is 1. The van der Waals surface area contributed by atoms with E-state index >= 15 is 0 Å². The van der Waals surface area contributed by atoms with E-state index in [-0.39, 0.29) is 5.92 Å². The molecule has 1 saturated heterocycles. The highest BCUT2D eigenvalue weighted by Crippen LogP contribution is 2.33. The fraction of sp³-hybridized carbons (Fsp3) is 0.750. The molecule has 20 heavy (non-hydrogen) atoms. The van der Waals surface area contributed by atoms with E-state index in [4.69, 9.17) is 4.42 Å². The number of Topliss-reactive ketones (excluding diaryl/α,β-unsaturated/α-hetero) is 1. The number of rotatable bonds is 3. The Morgan fingerprint density at radius 2 is 2.10 bits per heavy atom. The minimum absolute atomic E-state index is 0.257. The quantitative estimate of drug-likeness (QED) is 0.851. The molecule has 1 aromatic rings. The molecule has 2 fully saturated rings. The van der Waals surface area contributed by atoms with Gasteiger partial charge in [0.15, 0.2) is 0 Å². The fourth-order valence-corrected chi connectivity index (χ4v) is 3.70. The maximum Gasteiger partial charge on any atom is 0.208 e. The van der Waals surface area contributed by atoms with Crippen LogP contribution in [-0.2, 0) is 11.3 Å². The van der Waals surface area contributed by atoms with Crippen LogP contribution in [0.5, 0.6) is 0 Å². The predicted octanol–water partition coefficient (Wildman–Crippen LogP) is 3.02. The summed E-state index contributed by atoms with van der Waals surface area (Å²) in [5.74, 6) is 2.44. The molecule has 0 N–H and O–H groups in total. The van der Waals surface area contributed by atoms with E-state index in [0.717, 1.165) is 56.1 Å². The van der Waals surface area contributed by atoms with E-state index in [1.807, 2.05) is 13.8 Å². The van der Waals surface area contributed by atoms with Crippen molar-refractivity contribution in [2.75, 3.05) is 6.54 Å². The molecular formula is C16H24N2O2. The number of aryl methyl sites for hydroxylation is 2. The molecule has 1 aliphatic carbocycles. The van der Waals surface area contributed by atoms with Gasteiger partial charge in [-0.25, -0.2) is 4.98 Å². The summed E-state index contributed by atoms with van der Waals surface area (Å²) in [6, 6.07) is 0.409. The van der Waals surface area contributed by atoms with Crippen LogP contribution in [0.25, 0.3) is 0 Å². The Morgan fingerprint density at radius 1 is 1.25 bits per heavy atom. The fourth-order valence-electron chi connectivity index (χ4n) is 3.70. The molecule has 0 radical (unpaired) electrons. The number of carbonyl (C=O) groups is 1. The molecule has 0 aromatic carbocycles. The zero-order chi connectivity index (χ0) is 14.1. The molecule has 0 spiro atoms. The summed E-state index contributed by atoms with van der Waals surface area (Å²) in [5, 5.41) is 0. The zero-order valence-corrected chi connectivity index (χ0v) is 12.5. The van der Waals surface area contributed by atoms with Crippen LogP contribution in [0.15, 0.2) is 4.42 Å². The van der Waals surface area contributed by atoms with Crippen molar-refractivity contribution in [1.82, 2.24) is 9.88 Å². The molecule has 110 valence electrons. The minimum atomic E-state index is 0.257. The number of nitrogens with zero attached hydrogens (tertiary/aromatic N) is 2. The van der Waals surface area contributed by atoms with Gasteiger partial charge in [0.2, 0.25) is 5.89 Å². The lowest BCUT2D eigenvalue weighted by Gasteiger charge is -2.37. The molecule has 2 unspecified atom stereocenters. The van der Waals surface area contributed by atoms with Gasteiger partial charge >= 0.3 is 0 Å². The van der Waals surface area contributed by atoms with Crippen LogP contribution in [0.4, 0.5) is 0 Å². The van der Waals surface area contributed by atoms with Gasteiger partial charge in [-0.05, 0) is 46.1 Å². The Hall–Kier alpha value is -1.16. The van der Waals surface area contributed by atoms with Gasteiger partial charge in [0.05, 0.1) is 12.2 Å². The molecule has 4 heteroatoms. The van der Waals surface area contributed by atoms with Crippen molar-refractivity contribution in [3.63, 3.8) is 0 Å². The van der Waals surface area contributed by atoms with Crippen LogP contribution in [0.1, 0.15) is 55.9 Å². The summed E-state index contributed by atoms with van der Waals surface area (Å²) in [6.07, 6.45) is 6.54. The average molecular weight is 276 g/mol. The number of piperidine rings is 1. The normalized spacial score (nSPS) is 28.2. The topological polar surface area (TPSA) is 46.3 Å². The second-order valence-corrected chi connectivity index (χ2v) is 6.25. The summed E-state index contributed by atoms with van der Waals surface area (Å²) in [7, 11) is 0. The third-order valence-electron chi connectivity index (χ3n) is 4.89. The third kappa shape index (κ3) is 2.66. The number of hydrogen-bond acceptors (Lipinski definition) is 4. The summed E-state index contributed by atoms with van der Waals surface area (Å²) < 4.78 is 5.72. The second kappa shape index (κ2) is 5.68. The number of oxazole rings is 1. The highest BCUT2D eigenvalue weighted by molar-refractivity contribution is 5.83. The van der Waals surface area contributed by atoms with Gasteiger partial charge in [-0.1, -0.05) is 6.42 Å². The number of aromatic nitrogens is 1. The SMILES string of the molecule is Cc1nc(CN2CCCCC2C2CCCC2=O)oc1C. The number of likely N-dealkylation sites (tertiary alicyclic amines) is 1. The van der Waals surface area contributed by atoms with Gasteiger partial charge in [0, 0.05) is 18.4 Å². The molecule has 2 aliphatic rings. The Bertz CT molecular complexity index is 475. The summed E-state index contributed by atoms with van der Waals surface area (Å²) in [6.45, 7) is 5.76. The maximum atomic E-state index is 12.1. The lowest BCUT2D eigenvalue weighted by molar-refractivity contribution is -0.123. The van der Waals surface area contributed by atoms with Crippen LogP contribution in [0.3, 0.4) is 0 Å². The molecule has 1 aliphatic heterocycles. The van der Waals surface area contributed by atoms with Crippen LogP contribution in [-0.4, -0.2) is 28.3 Å². The van der Waals surface area contributed by atoms with Crippen molar-refractivity contribution in [3.8, 4) is 0 Å². The van der Waals surface area contributed by atoms with Gasteiger partial charge in [-0.2, -0.15) is 0 Å². The van der Waals surface area contributed by atoms with E-state index in [9.17, 15) is 4.79 Å². The van der Waals surface area contributed by atoms with E-state index in [2.05, 4.69) is 9.88 Å². The minimum Gasteiger partial charge on any atom is -0.444 e. The van der Waals surface area contributed by atoms with Gasteiger partial charge < -0.3 is 4.42 Å². The van der Waals surface area contributed by atoms with Crippen molar-refractivity contribution >= 4 is 5.78 Å².